The quantitative estimate of drug-likeness (QED) is 0.0195. The summed E-state index contributed by atoms with van der Waals surface area (Å²) >= 11 is 0. The summed E-state index contributed by atoms with van der Waals surface area (Å²) in [6.07, 6.45) is 112. The summed E-state index contributed by atoms with van der Waals surface area (Å²) in [6.45, 7) is 4.02. The van der Waals surface area contributed by atoms with Gasteiger partial charge in [0.2, 0.25) is 0 Å². The molecule has 0 spiro atoms. The number of phosphoric ester groups is 1. The van der Waals surface area contributed by atoms with Crippen LogP contribution in [-0.2, 0) is 32.7 Å². The molecule has 10 heteroatoms. The lowest BCUT2D eigenvalue weighted by atomic mass is 10.0. The molecule has 0 aliphatic heterocycles. The van der Waals surface area contributed by atoms with E-state index in [4.69, 9.17) is 18.5 Å². The highest BCUT2D eigenvalue weighted by molar-refractivity contribution is 7.45. The standard InChI is InChI=1S/C86H146NO8P/c1-6-8-10-12-14-16-18-20-22-24-26-28-30-32-34-36-38-40-41-42-43-44-45-47-48-50-52-54-56-58-60-62-64-66-68-70-72-74-76-78-85(88)92-82-84(83-94-96(90,91)93-81-80-87(3,4)5)95-86(89)79-77-75-73-71-69-67-65-63-61-59-57-55-53-51-49-46-39-37-35-33-31-29-27-25-23-21-19-17-15-13-11-9-7-2/h8-11,14-17,20-23,26-29,32-35,39,46,51,53,57,59,84H,6-7,12-13,18-19,24-25,30-31,36-38,40-45,47-50,52,54-56,58,60-83H2,1-5H3/b10-8-,11-9-,16-14-,17-15-,22-20-,23-21-,28-26-,29-27-,34-32-,35-33-,46-39-,53-51-,59-57-. The van der Waals surface area contributed by atoms with E-state index in [1.54, 1.807) is 0 Å². The van der Waals surface area contributed by atoms with Crippen LogP contribution in [0.3, 0.4) is 0 Å². The number of hydrogen-bond acceptors (Lipinski definition) is 8. The first kappa shape index (κ1) is 91.6. The number of nitrogens with zero attached hydrogens (tertiary/aromatic N) is 1. The van der Waals surface area contributed by atoms with Crippen molar-refractivity contribution in [1.29, 1.82) is 0 Å². The maximum Gasteiger partial charge on any atom is 0.306 e. The van der Waals surface area contributed by atoms with Crippen LogP contribution in [0.25, 0.3) is 0 Å². The number of allylic oxidation sites excluding steroid dienone is 26. The summed E-state index contributed by atoms with van der Waals surface area (Å²) in [5, 5.41) is 0. The number of esters is 2. The molecule has 0 aromatic heterocycles. The van der Waals surface area contributed by atoms with Gasteiger partial charge in [-0.2, -0.15) is 0 Å². The van der Waals surface area contributed by atoms with E-state index in [9.17, 15) is 19.0 Å². The number of ether oxygens (including phenoxy) is 2. The van der Waals surface area contributed by atoms with E-state index in [0.717, 1.165) is 128 Å². The van der Waals surface area contributed by atoms with Gasteiger partial charge in [0.1, 0.15) is 19.8 Å². The molecule has 2 unspecified atom stereocenters. The normalized spacial score (nSPS) is 13.9. The van der Waals surface area contributed by atoms with Crippen molar-refractivity contribution in [2.45, 2.75) is 328 Å². The van der Waals surface area contributed by atoms with Crippen LogP contribution in [0.15, 0.2) is 158 Å². The average molecular weight is 1350 g/mol. The van der Waals surface area contributed by atoms with Gasteiger partial charge in [-0.25, -0.2) is 0 Å². The van der Waals surface area contributed by atoms with Crippen LogP contribution >= 0.6 is 7.82 Å². The lowest BCUT2D eigenvalue weighted by molar-refractivity contribution is -0.870. The number of likely N-dealkylation sites (N-methyl/N-ethyl adjacent to an activating group) is 1. The zero-order chi connectivity index (χ0) is 69.7. The number of rotatable bonds is 71. The molecular weight excluding hydrogens is 1210 g/mol. The molecule has 0 fully saturated rings. The molecule has 0 saturated carbocycles. The second-order valence-corrected chi connectivity index (χ2v) is 28.4. The summed E-state index contributed by atoms with van der Waals surface area (Å²) in [5.74, 6) is -0.840. The minimum atomic E-state index is -4.66. The van der Waals surface area contributed by atoms with Gasteiger partial charge < -0.3 is 27.9 Å². The van der Waals surface area contributed by atoms with Crippen molar-refractivity contribution in [2.24, 2.45) is 0 Å². The highest BCUT2D eigenvalue weighted by Gasteiger charge is 2.22. The molecule has 0 bridgehead atoms. The Hall–Kier alpha value is -4.37. The van der Waals surface area contributed by atoms with Crippen molar-refractivity contribution < 1.29 is 42.1 Å². The Morgan fingerprint density at radius 1 is 0.323 bits per heavy atom. The second-order valence-electron chi connectivity index (χ2n) is 27.0. The first-order valence-electron chi connectivity index (χ1n) is 39.2. The molecule has 0 aromatic rings. The van der Waals surface area contributed by atoms with Gasteiger partial charge in [-0.1, -0.05) is 345 Å². The van der Waals surface area contributed by atoms with Crippen molar-refractivity contribution in [1.82, 2.24) is 0 Å². The molecule has 0 radical (unpaired) electrons. The van der Waals surface area contributed by atoms with Gasteiger partial charge in [-0.15, -0.1) is 0 Å². The zero-order valence-corrected chi connectivity index (χ0v) is 63.4. The van der Waals surface area contributed by atoms with Gasteiger partial charge in [0, 0.05) is 12.8 Å². The monoisotopic (exact) mass is 1350 g/mol. The van der Waals surface area contributed by atoms with Crippen LogP contribution < -0.4 is 4.89 Å². The Balaban J connectivity index is 4.01. The molecule has 2 atom stereocenters. The Labute approximate surface area is 592 Å². The summed E-state index contributed by atoms with van der Waals surface area (Å²) in [6, 6.07) is 0. The Morgan fingerprint density at radius 2 is 0.562 bits per heavy atom. The van der Waals surface area contributed by atoms with Crippen LogP contribution in [0, 0.1) is 0 Å². The summed E-state index contributed by atoms with van der Waals surface area (Å²) in [5.41, 5.74) is 0. The number of quaternary nitrogens is 1. The average Bonchev–Trinajstić information content (AvgIpc) is 1.48. The third kappa shape index (κ3) is 78.6. The minimum absolute atomic E-state index is 0.0381. The smallest absolute Gasteiger partial charge is 0.306 e. The van der Waals surface area contributed by atoms with Crippen LogP contribution in [0.4, 0.5) is 0 Å². The number of carbonyl (C=O) groups is 2. The van der Waals surface area contributed by atoms with Crippen molar-refractivity contribution in [3.63, 3.8) is 0 Å². The molecule has 0 rings (SSSR count). The molecule has 0 amide bonds. The third-order valence-electron chi connectivity index (χ3n) is 16.5. The van der Waals surface area contributed by atoms with E-state index in [1.807, 2.05) is 21.1 Å². The molecule has 0 heterocycles. The van der Waals surface area contributed by atoms with E-state index in [2.05, 4.69) is 172 Å². The minimum Gasteiger partial charge on any atom is -0.756 e. The van der Waals surface area contributed by atoms with Gasteiger partial charge in [0.05, 0.1) is 27.7 Å². The third-order valence-corrected chi connectivity index (χ3v) is 17.5. The summed E-state index contributed by atoms with van der Waals surface area (Å²) < 4.78 is 34.4. The molecule has 0 N–H and O–H groups in total. The van der Waals surface area contributed by atoms with E-state index in [1.165, 1.54) is 161 Å². The maximum atomic E-state index is 12.9. The van der Waals surface area contributed by atoms with Crippen LogP contribution in [0.5, 0.6) is 0 Å². The summed E-state index contributed by atoms with van der Waals surface area (Å²) in [4.78, 5) is 38.2. The molecule has 96 heavy (non-hydrogen) atoms. The Kier molecular flexibility index (Phi) is 71.4. The summed E-state index contributed by atoms with van der Waals surface area (Å²) in [7, 11) is 1.15. The van der Waals surface area contributed by atoms with Gasteiger partial charge in [0.15, 0.2) is 6.10 Å². The van der Waals surface area contributed by atoms with Gasteiger partial charge in [-0.05, 0) is 122 Å². The Bertz CT molecular complexity index is 2180. The lowest BCUT2D eigenvalue weighted by Gasteiger charge is -2.28. The molecule has 9 nitrogen and oxygen atoms in total. The van der Waals surface area contributed by atoms with Gasteiger partial charge >= 0.3 is 11.9 Å². The maximum absolute atomic E-state index is 12.9. The van der Waals surface area contributed by atoms with E-state index >= 15 is 0 Å². The van der Waals surface area contributed by atoms with Crippen LogP contribution in [-0.4, -0.2) is 70.0 Å². The zero-order valence-electron chi connectivity index (χ0n) is 62.5. The van der Waals surface area contributed by atoms with Crippen molar-refractivity contribution in [3.8, 4) is 0 Å². The first-order chi connectivity index (χ1) is 47.0. The highest BCUT2D eigenvalue weighted by atomic mass is 31.2. The second kappa shape index (κ2) is 74.8. The fourth-order valence-corrected chi connectivity index (χ4v) is 11.4. The Morgan fingerprint density at radius 3 is 0.833 bits per heavy atom. The van der Waals surface area contributed by atoms with Crippen molar-refractivity contribution >= 4 is 19.8 Å². The predicted octanol–water partition coefficient (Wildman–Crippen LogP) is 25.6. The van der Waals surface area contributed by atoms with Gasteiger partial charge in [-0.3, -0.25) is 14.2 Å². The molecule has 0 aliphatic rings. The lowest BCUT2D eigenvalue weighted by Crippen LogP contribution is -2.37. The predicted molar refractivity (Wildman–Crippen MR) is 415 cm³/mol. The van der Waals surface area contributed by atoms with E-state index < -0.39 is 26.5 Å². The highest BCUT2D eigenvalue weighted by Crippen LogP contribution is 2.38. The first-order valence-corrected chi connectivity index (χ1v) is 40.7. The molecule has 0 saturated heterocycles. The molecule has 0 aromatic carbocycles. The SMILES string of the molecule is CC/C=C\C/C=C\C/C=C\C/C=C\C/C=C\C/C=C\C/C=C\C/C=C\CCCCCCCCCCC(=O)OC(COC(=O)CCCCCCCCCCCCCCCCCCCCCCCCC/C=C\C/C=C\C/C=C\C/C=C\C/C=C\CC)COP(=O)([O-])OCC[N+](C)(C)C. The van der Waals surface area contributed by atoms with Crippen molar-refractivity contribution in [2.75, 3.05) is 47.5 Å². The molecular formula is C86H146NO8P. The fourth-order valence-electron chi connectivity index (χ4n) is 10.6. The van der Waals surface area contributed by atoms with E-state index in [-0.39, 0.29) is 32.0 Å². The molecule has 548 valence electrons. The number of phosphoric acid groups is 1. The topological polar surface area (TPSA) is 111 Å². The fraction of sp³-hybridized carbons (Fsp3) is 0.674. The number of carbonyl (C=O) groups excluding carboxylic acids is 2. The number of unbranched alkanes of at least 4 members (excludes halogenated alkanes) is 31. The van der Waals surface area contributed by atoms with Crippen molar-refractivity contribution in [3.05, 3.63) is 158 Å². The van der Waals surface area contributed by atoms with Crippen LogP contribution in [0.1, 0.15) is 322 Å². The number of hydrogen-bond donors (Lipinski definition) is 0. The largest absolute Gasteiger partial charge is 0.756 e. The van der Waals surface area contributed by atoms with Gasteiger partial charge in [0.25, 0.3) is 7.82 Å². The van der Waals surface area contributed by atoms with Crippen LogP contribution in [0.2, 0.25) is 0 Å². The molecule has 0 aliphatic carbocycles. The van der Waals surface area contributed by atoms with E-state index in [0.29, 0.717) is 17.4 Å².